The van der Waals surface area contributed by atoms with Gasteiger partial charge in [-0.3, -0.25) is 19.5 Å². The van der Waals surface area contributed by atoms with Gasteiger partial charge in [-0.15, -0.1) is 0 Å². The van der Waals surface area contributed by atoms with Crippen molar-refractivity contribution in [1.29, 1.82) is 0 Å². The van der Waals surface area contributed by atoms with E-state index in [-0.39, 0.29) is 23.6 Å². The van der Waals surface area contributed by atoms with Crippen LogP contribution in [0.15, 0.2) is 41.5 Å². The van der Waals surface area contributed by atoms with E-state index >= 15 is 0 Å². The molecule has 2 unspecified atom stereocenters. The summed E-state index contributed by atoms with van der Waals surface area (Å²) in [4.78, 5) is 40.6. The number of hydrogen-bond acceptors (Lipinski definition) is 6. The Hall–Kier alpha value is -3.26. The van der Waals surface area contributed by atoms with Crippen LogP contribution in [0.4, 0.5) is 5.69 Å². The summed E-state index contributed by atoms with van der Waals surface area (Å²) in [5.74, 6) is -0.182. The van der Waals surface area contributed by atoms with Gasteiger partial charge in [-0.1, -0.05) is 6.92 Å². The number of amides is 1. The SMILES string of the molecule is CCc1cc2ncc(CN3CC(C)N(c4ccc(C(=O)NC)nc4)C(C)C3)cc2[nH]c1=O. The van der Waals surface area contributed by atoms with Crippen molar-refractivity contribution in [2.24, 2.45) is 0 Å². The quantitative estimate of drug-likeness (QED) is 0.640. The Morgan fingerprint density at radius 1 is 1.16 bits per heavy atom. The molecule has 3 aromatic heterocycles. The lowest BCUT2D eigenvalue weighted by Crippen LogP contribution is -2.56. The molecule has 8 heteroatoms. The van der Waals surface area contributed by atoms with Crippen LogP contribution >= 0.6 is 0 Å². The van der Waals surface area contributed by atoms with Gasteiger partial charge in [-0.05, 0) is 50.1 Å². The summed E-state index contributed by atoms with van der Waals surface area (Å²) < 4.78 is 0. The van der Waals surface area contributed by atoms with Crippen molar-refractivity contribution < 1.29 is 4.79 Å². The summed E-state index contributed by atoms with van der Waals surface area (Å²) in [6.45, 7) is 8.95. The van der Waals surface area contributed by atoms with Gasteiger partial charge in [0.1, 0.15) is 5.69 Å². The van der Waals surface area contributed by atoms with E-state index in [1.165, 1.54) is 0 Å². The van der Waals surface area contributed by atoms with E-state index < -0.39 is 0 Å². The number of nitrogens with zero attached hydrogens (tertiary/aromatic N) is 4. The predicted octanol–water partition coefficient (Wildman–Crippen LogP) is 2.34. The number of hydrogen-bond donors (Lipinski definition) is 2. The molecule has 4 rings (SSSR count). The number of carbonyl (C=O) groups excluding carboxylic acids is 1. The van der Waals surface area contributed by atoms with Gasteiger partial charge in [-0.2, -0.15) is 0 Å². The highest BCUT2D eigenvalue weighted by Gasteiger charge is 2.30. The normalized spacial score (nSPS) is 19.3. The van der Waals surface area contributed by atoms with Gasteiger partial charge in [0, 0.05) is 50.5 Å². The smallest absolute Gasteiger partial charge is 0.269 e. The van der Waals surface area contributed by atoms with Crippen molar-refractivity contribution in [2.75, 3.05) is 25.0 Å². The lowest BCUT2D eigenvalue weighted by molar-refractivity contribution is 0.0958. The molecule has 0 bridgehead atoms. The summed E-state index contributed by atoms with van der Waals surface area (Å²) in [7, 11) is 1.60. The number of carbonyl (C=O) groups is 1. The highest BCUT2D eigenvalue weighted by Crippen LogP contribution is 2.25. The number of aryl methyl sites for hydroxylation is 1. The fraction of sp³-hybridized carbons (Fsp3) is 0.417. The average molecular weight is 435 g/mol. The third kappa shape index (κ3) is 4.36. The molecule has 32 heavy (non-hydrogen) atoms. The summed E-state index contributed by atoms with van der Waals surface area (Å²) in [6.07, 6.45) is 4.38. The first kappa shape index (κ1) is 22.0. The topological polar surface area (TPSA) is 94.2 Å². The summed E-state index contributed by atoms with van der Waals surface area (Å²) in [5.41, 5.74) is 4.86. The van der Waals surface area contributed by atoms with Crippen LogP contribution in [0.5, 0.6) is 0 Å². The van der Waals surface area contributed by atoms with Crippen molar-refractivity contribution in [1.82, 2.24) is 25.2 Å². The Kier molecular flexibility index (Phi) is 6.23. The van der Waals surface area contributed by atoms with Gasteiger partial charge in [0.15, 0.2) is 0 Å². The second kappa shape index (κ2) is 9.08. The second-order valence-electron chi connectivity index (χ2n) is 8.53. The van der Waals surface area contributed by atoms with E-state index in [0.717, 1.165) is 47.5 Å². The van der Waals surface area contributed by atoms with Gasteiger partial charge < -0.3 is 15.2 Å². The molecule has 4 heterocycles. The minimum atomic E-state index is -0.182. The predicted molar refractivity (Wildman–Crippen MR) is 126 cm³/mol. The Balaban J connectivity index is 1.47. The Morgan fingerprint density at radius 3 is 2.53 bits per heavy atom. The number of fused-ring (bicyclic) bond motifs is 1. The zero-order valence-electron chi connectivity index (χ0n) is 19.1. The number of rotatable bonds is 5. The van der Waals surface area contributed by atoms with Gasteiger partial charge in [0.05, 0.1) is 22.9 Å². The first-order valence-electron chi connectivity index (χ1n) is 11.1. The van der Waals surface area contributed by atoms with Crippen LogP contribution in [0.2, 0.25) is 0 Å². The van der Waals surface area contributed by atoms with Gasteiger partial charge in [0.2, 0.25) is 0 Å². The highest BCUT2D eigenvalue weighted by atomic mass is 16.1. The minimum Gasteiger partial charge on any atom is -0.362 e. The van der Waals surface area contributed by atoms with Crippen LogP contribution in [-0.2, 0) is 13.0 Å². The summed E-state index contributed by atoms with van der Waals surface area (Å²) in [6, 6.07) is 8.22. The lowest BCUT2D eigenvalue weighted by atomic mass is 10.1. The molecule has 0 saturated carbocycles. The second-order valence-corrected chi connectivity index (χ2v) is 8.53. The van der Waals surface area contributed by atoms with E-state index in [9.17, 15) is 9.59 Å². The number of aromatic nitrogens is 3. The molecule has 1 fully saturated rings. The van der Waals surface area contributed by atoms with E-state index in [0.29, 0.717) is 12.1 Å². The van der Waals surface area contributed by atoms with Crippen LogP contribution in [0.1, 0.15) is 42.4 Å². The molecule has 1 amide bonds. The molecule has 0 radical (unpaired) electrons. The van der Waals surface area contributed by atoms with E-state index in [4.69, 9.17) is 0 Å². The average Bonchev–Trinajstić information content (AvgIpc) is 2.78. The van der Waals surface area contributed by atoms with Crippen molar-refractivity contribution >= 4 is 22.6 Å². The summed E-state index contributed by atoms with van der Waals surface area (Å²) >= 11 is 0. The highest BCUT2D eigenvalue weighted by molar-refractivity contribution is 5.92. The Morgan fingerprint density at radius 2 is 1.91 bits per heavy atom. The van der Waals surface area contributed by atoms with Crippen molar-refractivity contribution in [3.8, 4) is 0 Å². The number of piperazine rings is 1. The lowest BCUT2D eigenvalue weighted by Gasteiger charge is -2.45. The molecular formula is C24H30N6O2. The first-order chi connectivity index (χ1) is 15.4. The van der Waals surface area contributed by atoms with Crippen molar-refractivity contribution in [3.63, 3.8) is 0 Å². The van der Waals surface area contributed by atoms with E-state index in [1.807, 2.05) is 31.3 Å². The Labute approximate surface area is 187 Å². The molecule has 1 aliphatic rings. The standard InChI is InChI=1S/C24H30N6O2/c1-5-18-9-21-22(28-23(18)31)8-17(10-26-21)14-29-12-15(2)30(16(3)13-29)19-6-7-20(27-11-19)24(32)25-4/h6-11,15-16H,5,12-14H2,1-4H3,(H,25,32)(H,28,31). The fourth-order valence-corrected chi connectivity index (χ4v) is 4.65. The Bertz CT molecular complexity index is 1160. The van der Waals surface area contributed by atoms with Crippen molar-refractivity contribution in [2.45, 2.75) is 45.8 Å². The van der Waals surface area contributed by atoms with Crippen LogP contribution in [0, 0.1) is 0 Å². The summed E-state index contributed by atoms with van der Waals surface area (Å²) in [5, 5.41) is 2.60. The van der Waals surface area contributed by atoms with Crippen molar-refractivity contribution in [3.05, 3.63) is 63.8 Å². The van der Waals surface area contributed by atoms with Crippen LogP contribution in [-0.4, -0.2) is 58.0 Å². The van der Waals surface area contributed by atoms with Gasteiger partial charge >= 0.3 is 0 Å². The first-order valence-corrected chi connectivity index (χ1v) is 11.1. The maximum atomic E-state index is 12.2. The number of pyridine rings is 3. The zero-order valence-corrected chi connectivity index (χ0v) is 19.1. The molecule has 168 valence electrons. The van der Waals surface area contributed by atoms with E-state index in [1.54, 1.807) is 19.3 Å². The molecule has 1 saturated heterocycles. The number of H-pyrrole nitrogens is 1. The molecule has 0 aliphatic carbocycles. The third-order valence-corrected chi connectivity index (χ3v) is 6.11. The maximum Gasteiger partial charge on any atom is 0.269 e. The minimum absolute atomic E-state index is 0.0362. The molecule has 2 atom stereocenters. The van der Waals surface area contributed by atoms with E-state index in [2.05, 4.69) is 43.9 Å². The molecule has 3 aromatic rings. The maximum absolute atomic E-state index is 12.2. The molecule has 0 aromatic carbocycles. The van der Waals surface area contributed by atoms with Crippen LogP contribution in [0.3, 0.4) is 0 Å². The van der Waals surface area contributed by atoms with Crippen LogP contribution < -0.4 is 15.8 Å². The molecule has 1 aliphatic heterocycles. The molecule has 8 nitrogen and oxygen atoms in total. The molecule has 0 spiro atoms. The fourth-order valence-electron chi connectivity index (χ4n) is 4.65. The number of nitrogens with one attached hydrogen (secondary N) is 2. The largest absolute Gasteiger partial charge is 0.362 e. The number of anilines is 1. The third-order valence-electron chi connectivity index (χ3n) is 6.11. The van der Waals surface area contributed by atoms with Gasteiger partial charge in [0.25, 0.3) is 11.5 Å². The van der Waals surface area contributed by atoms with Gasteiger partial charge in [-0.25, -0.2) is 4.98 Å². The number of aromatic amines is 1. The zero-order chi connectivity index (χ0) is 22.8. The van der Waals surface area contributed by atoms with Crippen LogP contribution in [0.25, 0.3) is 11.0 Å². The molecular weight excluding hydrogens is 404 g/mol. The monoisotopic (exact) mass is 434 g/mol. The molecule has 2 N–H and O–H groups in total.